The maximum absolute atomic E-state index is 12.4. The Balaban J connectivity index is 1.65. The molecule has 0 aliphatic carbocycles. The van der Waals surface area contributed by atoms with Crippen molar-refractivity contribution in [3.63, 3.8) is 0 Å². The summed E-state index contributed by atoms with van der Waals surface area (Å²) in [6.07, 6.45) is 2.55. The second kappa shape index (κ2) is 6.65. The van der Waals surface area contributed by atoms with Crippen molar-refractivity contribution in [3.05, 3.63) is 65.9 Å². The molecule has 0 saturated heterocycles. The predicted molar refractivity (Wildman–Crippen MR) is 102 cm³/mol. The number of rotatable bonds is 5. The van der Waals surface area contributed by atoms with Crippen LogP contribution in [0, 0.1) is 0 Å². The average molecular weight is 356 g/mol. The van der Waals surface area contributed by atoms with Gasteiger partial charge in [-0.2, -0.15) is 0 Å². The van der Waals surface area contributed by atoms with Crippen LogP contribution in [0.25, 0.3) is 10.9 Å². The van der Waals surface area contributed by atoms with E-state index in [2.05, 4.69) is 36.5 Å². The van der Waals surface area contributed by atoms with Gasteiger partial charge in [-0.05, 0) is 58.7 Å². The number of aromatic amines is 1. The summed E-state index contributed by atoms with van der Waals surface area (Å²) in [5, 5.41) is 1.14. The second-order valence-corrected chi connectivity index (χ2v) is 9.09. The minimum absolute atomic E-state index is 0.00654. The maximum atomic E-state index is 12.4. The molecular weight excluding hydrogens is 332 g/mol. The SMILES string of the molecule is CC(C)(C)c1ccc(S(=O)(=O)NCCc2ccc3[nH]ccc3c2)cc1. The molecule has 0 atom stereocenters. The van der Waals surface area contributed by atoms with E-state index in [4.69, 9.17) is 0 Å². The van der Waals surface area contributed by atoms with Gasteiger partial charge in [0.15, 0.2) is 0 Å². The molecule has 3 aromatic rings. The number of H-pyrrole nitrogens is 1. The molecule has 0 spiro atoms. The van der Waals surface area contributed by atoms with E-state index in [-0.39, 0.29) is 5.41 Å². The number of benzene rings is 2. The molecule has 0 aliphatic heterocycles. The molecule has 0 aliphatic rings. The molecule has 4 nitrogen and oxygen atoms in total. The minimum atomic E-state index is -3.48. The van der Waals surface area contributed by atoms with Crippen LogP contribution in [0.3, 0.4) is 0 Å². The van der Waals surface area contributed by atoms with E-state index in [9.17, 15) is 8.42 Å². The highest BCUT2D eigenvalue weighted by Crippen LogP contribution is 2.23. The molecule has 2 N–H and O–H groups in total. The third kappa shape index (κ3) is 4.11. The van der Waals surface area contributed by atoms with Gasteiger partial charge in [0.05, 0.1) is 4.90 Å². The van der Waals surface area contributed by atoms with E-state index in [1.54, 1.807) is 12.1 Å². The fourth-order valence-electron chi connectivity index (χ4n) is 2.81. The Bertz CT molecular complexity index is 965. The highest BCUT2D eigenvalue weighted by atomic mass is 32.2. The highest BCUT2D eigenvalue weighted by Gasteiger charge is 2.17. The van der Waals surface area contributed by atoms with Crippen molar-refractivity contribution in [2.75, 3.05) is 6.54 Å². The minimum Gasteiger partial charge on any atom is -0.361 e. The van der Waals surface area contributed by atoms with Crippen LogP contribution in [-0.4, -0.2) is 19.9 Å². The van der Waals surface area contributed by atoms with Gasteiger partial charge in [0.2, 0.25) is 10.0 Å². The molecule has 25 heavy (non-hydrogen) atoms. The summed E-state index contributed by atoms with van der Waals surface area (Å²) in [6.45, 7) is 6.70. The lowest BCUT2D eigenvalue weighted by Crippen LogP contribution is -2.26. The third-order valence-electron chi connectivity index (χ3n) is 4.35. The predicted octanol–water partition coefficient (Wildman–Crippen LogP) is 3.99. The van der Waals surface area contributed by atoms with Crippen LogP contribution < -0.4 is 4.72 Å². The molecule has 1 aromatic heterocycles. The Morgan fingerprint density at radius 3 is 2.40 bits per heavy atom. The van der Waals surface area contributed by atoms with Crippen LogP contribution in [0.4, 0.5) is 0 Å². The van der Waals surface area contributed by atoms with E-state index >= 15 is 0 Å². The van der Waals surface area contributed by atoms with Crippen molar-refractivity contribution >= 4 is 20.9 Å². The van der Waals surface area contributed by atoms with Gasteiger partial charge in [0, 0.05) is 18.3 Å². The fourth-order valence-corrected chi connectivity index (χ4v) is 3.84. The summed E-state index contributed by atoms with van der Waals surface area (Å²) < 4.78 is 27.6. The summed E-state index contributed by atoms with van der Waals surface area (Å²) in [5.41, 5.74) is 3.32. The fraction of sp³-hybridized carbons (Fsp3) is 0.300. The summed E-state index contributed by atoms with van der Waals surface area (Å²) in [6, 6.07) is 15.3. The number of nitrogens with one attached hydrogen (secondary N) is 2. The molecule has 0 amide bonds. The van der Waals surface area contributed by atoms with Gasteiger partial charge in [0.25, 0.3) is 0 Å². The molecule has 0 fully saturated rings. The number of sulfonamides is 1. The third-order valence-corrected chi connectivity index (χ3v) is 5.83. The molecule has 0 saturated carbocycles. The summed E-state index contributed by atoms with van der Waals surface area (Å²) in [4.78, 5) is 3.46. The lowest BCUT2D eigenvalue weighted by Gasteiger charge is -2.19. The molecule has 2 aromatic carbocycles. The van der Waals surface area contributed by atoms with E-state index in [0.29, 0.717) is 17.9 Å². The van der Waals surface area contributed by atoms with E-state index < -0.39 is 10.0 Å². The quantitative estimate of drug-likeness (QED) is 0.726. The van der Waals surface area contributed by atoms with Crippen LogP contribution in [0.5, 0.6) is 0 Å². The maximum Gasteiger partial charge on any atom is 0.240 e. The smallest absolute Gasteiger partial charge is 0.240 e. The average Bonchev–Trinajstić information content (AvgIpc) is 3.02. The van der Waals surface area contributed by atoms with E-state index in [1.165, 1.54) is 0 Å². The van der Waals surface area contributed by atoms with Gasteiger partial charge >= 0.3 is 0 Å². The largest absolute Gasteiger partial charge is 0.361 e. The Hall–Kier alpha value is -2.11. The monoisotopic (exact) mass is 356 g/mol. The Morgan fingerprint density at radius 2 is 1.72 bits per heavy atom. The van der Waals surface area contributed by atoms with Crippen molar-refractivity contribution in [3.8, 4) is 0 Å². The van der Waals surface area contributed by atoms with Gasteiger partial charge < -0.3 is 4.98 Å². The van der Waals surface area contributed by atoms with Crippen molar-refractivity contribution in [2.24, 2.45) is 0 Å². The molecule has 3 rings (SSSR count). The molecular formula is C20H24N2O2S. The molecule has 1 heterocycles. The van der Waals surface area contributed by atoms with Crippen molar-refractivity contribution in [2.45, 2.75) is 37.5 Å². The molecule has 132 valence electrons. The number of aromatic nitrogens is 1. The zero-order valence-corrected chi connectivity index (χ0v) is 15.7. The second-order valence-electron chi connectivity index (χ2n) is 7.32. The van der Waals surface area contributed by atoms with Gasteiger partial charge in [-0.1, -0.05) is 39.0 Å². The molecule has 0 bridgehead atoms. The first-order valence-electron chi connectivity index (χ1n) is 8.42. The Kier molecular flexibility index (Phi) is 4.71. The summed E-state index contributed by atoms with van der Waals surface area (Å²) in [5.74, 6) is 0. The zero-order valence-electron chi connectivity index (χ0n) is 14.8. The topological polar surface area (TPSA) is 62.0 Å². The first kappa shape index (κ1) is 17.7. The molecule has 0 unspecified atom stereocenters. The van der Waals surface area contributed by atoms with Gasteiger partial charge in [-0.15, -0.1) is 0 Å². The van der Waals surface area contributed by atoms with Crippen molar-refractivity contribution in [1.29, 1.82) is 0 Å². The van der Waals surface area contributed by atoms with Crippen LogP contribution in [0.15, 0.2) is 59.6 Å². The number of fused-ring (bicyclic) bond motifs is 1. The summed E-state index contributed by atoms with van der Waals surface area (Å²) >= 11 is 0. The van der Waals surface area contributed by atoms with Crippen molar-refractivity contribution in [1.82, 2.24) is 9.71 Å². The first-order valence-corrected chi connectivity index (χ1v) is 9.90. The van der Waals surface area contributed by atoms with E-state index in [0.717, 1.165) is 22.0 Å². The van der Waals surface area contributed by atoms with Crippen molar-refractivity contribution < 1.29 is 8.42 Å². The Labute approximate surface area is 149 Å². The first-order chi connectivity index (χ1) is 11.8. The molecule has 0 radical (unpaired) electrons. The van der Waals surface area contributed by atoms with Crippen LogP contribution in [0.2, 0.25) is 0 Å². The lowest BCUT2D eigenvalue weighted by molar-refractivity contribution is 0.578. The standard InChI is InChI=1S/C20H24N2O2S/c1-20(2,3)17-5-7-18(8-6-17)25(23,24)22-13-10-15-4-9-19-16(14-15)11-12-21-19/h4-9,11-12,14,21-22H,10,13H2,1-3H3. The number of hydrogen-bond acceptors (Lipinski definition) is 2. The summed E-state index contributed by atoms with van der Waals surface area (Å²) in [7, 11) is -3.48. The van der Waals surface area contributed by atoms with Gasteiger partial charge in [0.1, 0.15) is 0 Å². The number of hydrogen-bond donors (Lipinski definition) is 2. The lowest BCUT2D eigenvalue weighted by atomic mass is 9.87. The highest BCUT2D eigenvalue weighted by molar-refractivity contribution is 7.89. The van der Waals surface area contributed by atoms with Crippen LogP contribution in [-0.2, 0) is 21.9 Å². The zero-order chi connectivity index (χ0) is 18.1. The van der Waals surface area contributed by atoms with Crippen LogP contribution in [0.1, 0.15) is 31.9 Å². The van der Waals surface area contributed by atoms with Gasteiger partial charge in [-0.3, -0.25) is 0 Å². The van der Waals surface area contributed by atoms with Crippen LogP contribution >= 0.6 is 0 Å². The Morgan fingerprint density at radius 1 is 1.00 bits per heavy atom. The van der Waals surface area contributed by atoms with Gasteiger partial charge in [-0.25, -0.2) is 13.1 Å². The normalized spacial score (nSPS) is 12.6. The molecule has 5 heteroatoms. The van der Waals surface area contributed by atoms with E-state index in [1.807, 2.05) is 36.5 Å².